The van der Waals surface area contributed by atoms with Crippen molar-refractivity contribution in [1.82, 2.24) is 10.2 Å². The topological polar surface area (TPSA) is 58.6 Å². The molecule has 2 amide bonds. The van der Waals surface area contributed by atoms with Gasteiger partial charge in [0.15, 0.2) is 6.10 Å². The van der Waals surface area contributed by atoms with Gasteiger partial charge in [0.2, 0.25) is 5.91 Å². The Bertz CT molecular complexity index is 583. The molecule has 1 heterocycles. The molecule has 0 radical (unpaired) electrons. The van der Waals surface area contributed by atoms with Gasteiger partial charge in [-0.15, -0.1) is 0 Å². The van der Waals surface area contributed by atoms with Gasteiger partial charge in [0.1, 0.15) is 6.61 Å². The highest BCUT2D eigenvalue weighted by Gasteiger charge is 2.41. The highest BCUT2D eigenvalue weighted by molar-refractivity contribution is 5.86. The Morgan fingerprint density at radius 3 is 2.68 bits per heavy atom. The molecule has 1 saturated carbocycles. The van der Waals surface area contributed by atoms with E-state index >= 15 is 0 Å². The predicted molar refractivity (Wildman–Crippen MR) is 82.2 cm³/mol. The third-order valence-corrected chi connectivity index (χ3v) is 4.70. The normalized spacial score (nSPS) is 25.7. The maximum atomic E-state index is 12.6. The zero-order chi connectivity index (χ0) is 15.7. The predicted octanol–water partition coefficient (Wildman–Crippen LogP) is 1.56. The van der Waals surface area contributed by atoms with E-state index in [1.165, 1.54) is 0 Å². The van der Waals surface area contributed by atoms with Gasteiger partial charge < -0.3 is 15.0 Å². The smallest absolute Gasteiger partial charge is 0.251 e. The Morgan fingerprint density at radius 1 is 1.32 bits per heavy atom. The van der Waals surface area contributed by atoms with Crippen LogP contribution in [0.5, 0.6) is 0 Å². The summed E-state index contributed by atoms with van der Waals surface area (Å²) in [6.07, 6.45) is 2.57. The van der Waals surface area contributed by atoms with Crippen LogP contribution in [0, 0.1) is 6.92 Å². The van der Waals surface area contributed by atoms with Crippen molar-refractivity contribution in [3.05, 3.63) is 35.4 Å². The molecule has 22 heavy (non-hydrogen) atoms. The van der Waals surface area contributed by atoms with Crippen LogP contribution in [-0.4, -0.2) is 42.5 Å². The molecule has 3 rings (SSSR count). The molecule has 1 aromatic carbocycles. The van der Waals surface area contributed by atoms with E-state index in [2.05, 4.69) is 5.32 Å². The summed E-state index contributed by atoms with van der Waals surface area (Å²) in [6.45, 7) is 1.95. The summed E-state index contributed by atoms with van der Waals surface area (Å²) >= 11 is 0. The second kappa shape index (κ2) is 6.08. The fraction of sp³-hybridized carbons (Fsp3) is 0.529. The van der Waals surface area contributed by atoms with Crippen molar-refractivity contribution in [2.75, 3.05) is 13.7 Å². The Morgan fingerprint density at radius 2 is 2.05 bits per heavy atom. The first kappa shape index (κ1) is 15.0. The van der Waals surface area contributed by atoms with E-state index in [1.54, 1.807) is 11.9 Å². The van der Waals surface area contributed by atoms with Crippen LogP contribution in [0.15, 0.2) is 24.3 Å². The fourth-order valence-electron chi connectivity index (χ4n) is 3.06. The maximum absolute atomic E-state index is 12.6. The van der Waals surface area contributed by atoms with Crippen molar-refractivity contribution in [1.29, 1.82) is 0 Å². The number of carbonyl (C=O) groups excluding carboxylic acids is 2. The van der Waals surface area contributed by atoms with E-state index in [-0.39, 0.29) is 30.5 Å². The highest BCUT2D eigenvalue weighted by atomic mass is 16.5. The van der Waals surface area contributed by atoms with Crippen molar-refractivity contribution in [2.45, 2.75) is 44.4 Å². The number of aryl methyl sites for hydroxylation is 1. The van der Waals surface area contributed by atoms with Crippen LogP contribution in [0.25, 0.3) is 0 Å². The molecule has 1 aliphatic carbocycles. The SMILES string of the molecule is Cc1ccccc1C1C(C(=O)NC2CCC2)OCC(=O)N1C. The fourth-order valence-corrected chi connectivity index (χ4v) is 3.06. The van der Waals surface area contributed by atoms with Crippen molar-refractivity contribution in [3.8, 4) is 0 Å². The van der Waals surface area contributed by atoms with E-state index in [1.807, 2.05) is 31.2 Å². The van der Waals surface area contributed by atoms with Crippen LogP contribution >= 0.6 is 0 Å². The van der Waals surface area contributed by atoms with Crippen LogP contribution in [0.2, 0.25) is 0 Å². The molecule has 1 aromatic rings. The van der Waals surface area contributed by atoms with Crippen molar-refractivity contribution in [3.63, 3.8) is 0 Å². The first-order valence-electron chi connectivity index (χ1n) is 7.81. The van der Waals surface area contributed by atoms with Gasteiger partial charge in [-0.25, -0.2) is 0 Å². The second-order valence-electron chi connectivity index (χ2n) is 6.17. The van der Waals surface area contributed by atoms with Crippen molar-refractivity contribution >= 4 is 11.8 Å². The lowest BCUT2D eigenvalue weighted by atomic mass is 9.91. The highest BCUT2D eigenvalue weighted by Crippen LogP contribution is 2.31. The molecule has 5 heteroatoms. The Hall–Kier alpha value is -1.88. The molecule has 2 fully saturated rings. The van der Waals surface area contributed by atoms with Gasteiger partial charge in [-0.3, -0.25) is 9.59 Å². The van der Waals surface area contributed by atoms with E-state index in [9.17, 15) is 9.59 Å². The van der Waals surface area contributed by atoms with Gasteiger partial charge in [0.05, 0.1) is 6.04 Å². The number of nitrogens with zero attached hydrogens (tertiary/aromatic N) is 1. The van der Waals surface area contributed by atoms with E-state index < -0.39 is 6.10 Å². The second-order valence-corrected chi connectivity index (χ2v) is 6.17. The average molecular weight is 302 g/mol. The molecule has 0 spiro atoms. The third-order valence-electron chi connectivity index (χ3n) is 4.70. The molecule has 0 bridgehead atoms. The number of benzene rings is 1. The molecule has 2 atom stereocenters. The maximum Gasteiger partial charge on any atom is 0.251 e. The lowest BCUT2D eigenvalue weighted by Crippen LogP contribution is -2.55. The minimum Gasteiger partial charge on any atom is -0.356 e. The van der Waals surface area contributed by atoms with Gasteiger partial charge in [-0.05, 0) is 37.3 Å². The summed E-state index contributed by atoms with van der Waals surface area (Å²) in [5.41, 5.74) is 2.02. The number of ether oxygens (including phenoxy) is 1. The van der Waals surface area contributed by atoms with Crippen LogP contribution in [0.3, 0.4) is 0 Å². The van der Waals surface area contributed by atoms with Crippen LogP contribution in [-0.2, 0) is 14.3 Å². The molecule has 0 aromatic heterocycles. The molecule has 1 aliphatic heterocycles. The largest absolute Gasteiger partial charge is 0.356 e. The number of rotatable bonds is 3. The first-order valence-corrected chi connectivity index (χ1v) is 7.81. The number of hydrogen-bond acceptors (Lipinski definition) is 3. The van der Waals surface area contributed by atoms with Crippen molar-refractivity contribution in [2.24, 2.45) is 0 Å². The average Bonchev–Trinajstić information content (AvgIpc) is 2.46. The zero-order valence-electron chi connectivity index (χ0n) is 13.0. The molecule has 1 N–H and O–H groups in total. The Balaban J connectivity index is 1.87. The molecule has 2 unspecified atom stereocenters. The summed E-state index contributed by atoms with van der Waals surface area (Å²) < 4.78 is 5.61. The summed E-state index contributed by atoms with van der Waals surface area (Å²) in [5, 5.41) is 3.04. The zero-order valence-corrected chi connectivity index (χ0v) is 13.0. The molecule has 5 nitrogen and oxygen atoms in total. The molecular weight excluding hydrogens is 280 g/mol. The Kier molecular flexibility index (Phi) is 4.16. The van der Waals surface area contributed by atoms with Gasteiger partial charge in [0, 0.05) is 13.1 Å². The quantitative estimate of drug-likeness (QED) is 0.922. The first-order chi connectivity index (χ1) is 10.6. The minimum absolute atomic E-state index is 0.0400. The molecule has 118 valence electrons. The van der Waals surface area contributed by atoms with E-state index in [0.29, 0.717) is 0 Å². The van der Waals surface area contributed by atoms with Gasteiger partial charge in [-0.1, -0.05) is 24.3 Å². The summed E-state index contributed by atoms with van der Waals surface area (Å²) in [6, 6.07) is 7.72. The van der Waals surface area contributed by atoms with Gasteiger partial charge >= 0.3 is 0 Å². The van der Waals surface area contributed by atoms with E-state index in [4.69, 9.17) is 4.74 Å². The summed E-state index contributed by atoms with van der Waals surface area (Å²) in [7, 11) is 1.74. The lowest BCUT2D eigenvalue weighted by Gasteiger charge is -2.40. The number of likely N-dealkylation sites (N-methyl/N-ethyl adjacent to an activating group) is 1. The van der Waals surface area contributed by atoms with Crippen LogP contribution in [0.4, 0.5) is 0 Å². The monoisotopic (exact) mass is 302 g/mol. The molecular formula is C17H22N2O3. The summed E-state index contributed by atoms with van der Waals surface area (Å²) in [5.74, 6) is -0.210. The van der Waals surface area contributed by atoms with Gasteiger partial charge in [0.25, 0.3) is 5.91 Å². The number of carbonyl (C=O) groups is 2. The molecule has 1 saturated heterocycles. The number of hydrogen-bond donors (Lipinski definition) is 1. The van der Waals surface area contributed by atoms with Crippen LogP contribution in [0.1, 0.15) is 36.4 Å². The molecule has 2 aliphatic rings. The van der Waals surface area contributed by atoms with Crippen molar-refractivity contribution < 1.29 is 14.3 Å². The van der Waals surface area contributed by atoms with Gasteiger partial charge in [-0.2, -0.15) is 0 Å². The van der Waals surface area contributed by atoms with Crippen LogP contribution < -0.4 is 5.32 Å². The number of nitrogens with one attached hydrogen (secondary N) is 1. The third kappa shape index (κ3) is 2.73. The summed E-state index contributed by atoms with van der Waals surface area (Å²) in [4.78, 5) is 26.2. The number of amides is 2. The van der Waals surface area contributed by atoms with E-state index in [0.717, 1.165) is 30.4 Å². The standard InChI is InChI=1S/C17H22N2O3/c1-11-6-3-4-9-13(11)15-16(22-10-14(20)19(15)2)17(21)18-12-7-5-8-12/h3-4,6,9,12,15-16H,5,7-8,10H2,1-2H3,(H,18,21). The minimum atomic E-state index is -0.649. The lowest BCUT2D eigenvalue weighted by molar-refractivity contribution is -0.162. The number of morpholine rings is 1. The Labute approximate surface area is 130 Å².